The van der Waals surface area contributed by atoms with Crippen LogP contribution in [0.3, 0.4) is 0 Å². The fourth-order valence-corrected chi connectivity index (χ4v) is 14.3. The second kappa shape index (κ2) is 1.20. The van der Waals surface area contributed by atoms with Gasteiger partial charge in [0.15, 0.2) is 0 Å². The van der Waals surface area contributed by atoms with Crippen LogP contribution >= 0.6 is 15.9 Å². The van der Waals surface area contributed by atoms with E-state index in [-0.39, 0.29) is 0 Å². The number of halogens is 1. The van der Waals surface area contributed by atoms with Gasteiger partial charge in [0.25, 0.3) is 0 Å². The number of alkyl halides is 1. The van der Waals surface area contributed by atoms with E-state index in [1.54, 1.807) is 0 Å². The Labute approximate surface area is 108 Å². The third-order valence-corrected chi connectivity index (χ3v) is 13.3. The molecule has 1 heteroatoms. The van der Waals surface area contributed by atoms with Gasteiger partial charge >= 0.3 is 0 Å². The summed E-state index contributed by atoms with van der Waals surface area (Å²) in [4.78, 5) is 0. The third-order valence-electron chi connectivity index (χ3n) is 11.7. The molecule has 0 saturated heterocycles. The SMILES string of the molecule is BrC12C3C4C1C1C2C3C41C12C3C4C5C3C1C5C42. The molecule has 0 atom stereocenters. The van der Waals surface area contributed by atoms with Gasteiger partial charge in [-0.1, -0.05) is 15.9 Å². The molecule has 84 valence electrons. The van der Waals surface area contributed by atoms with Gasteiger partial charge in [0.05, 0.1) is 0 Å². The first kappa shape index (κ1) is 6.77. The molecule has 0 aliphatic heterocycles. The van der Waals surface area contributed by atoms with E-state index in [1.165, 1.54) is 76.9 Å². The normalized spacial score (nSPS) is 117. The van der Waals surface area contributed by atoms with Gasteiger partial charge in [0, 0.05) is 4.32 Å². The minimum atomic E-state index is 0.771. The van der Waals surface area contributed by atoms with Crippen molar-refractivity contribution in [1.29, 1.82) is 0 Å². The molecule has 0 unspecified atom stereocenters. The molecule has 0 bridgehead atoms. The zero-order valence-electron chi connectivity index (χ0n) is 9.38. The largest absolute Gasteiger partial charge is 0.0844 e. The predicted octanol–water partition coefficient (Wildman–Crippen LogP) is 2.24. The molecule has 12 aliphatic rings. The summed E-state index contributed by atoms with van der Waals surface area (Å²) in [5.74, 6) is 16.8. The number of hydrogen-bond acceptors (Lipinski definition) is 0. The number of rotatable bonds is 1. The predicted molar refractivity (Wildman–Crippen MR) is 61.9 cm³/mol. The molecule has 12 rings (SSSR count). The number of hydrogen-bond donors (Lipinski definition) is 0. The van der Waals surface area contributed by atoms with Gasteiger partial charge in [-0.3, -0.25) is 0 Å². The summed E-state index contributed by atoms with van der Waals surface area (Å²) in [6.45, 7) is 0. The van der Waals surface area contributed by atoms with E-state index < -0.39 is 0 Å². The van der Waals surface area contributed by atoms with Crippen LogP contribution in [0.5, 0.6) is 0 Å². The summed E-state index contributed by atoms with van der Waals surface area (Å²) in [6, 6.07) is 0. The second-order valence-electron chi connectivity index (χ2n) is 9.73. The molecule has 0 amide bonds. The fourth-order valence-electron chi connectivity index (χ4n) is 12.6. The van der Waals surface area contributed by atoms with E-state index in [4.69, 9.17) is 0 Å². The van der Waals surface area contributed by atoms with Crippen LogP contribution in [0.25, 0.3) is 0 Å². The monoisotopic (exact) mass is 284 g/mol. The maximum Gasteiger partial charge on any atom is 0.0360 e. The summed E-state index contributed by atoms with van der Waals surface area (Å²) in [6.07, 6.45) is 0. The molecule has 0 spiro atoms. The van der Waals surface area contributed by atoms with Crippen molar-refractivity contribution in [3.05, 3.63) is 0 Å². The minimum absolute atomic E-state index is 0.771. The molecule has 0 heterocycles. The Balaban J connectivity index is 1.29. The van der Waals surface area contributed by atoms with Gasteiger partial charge in [-0.25, -0.2) is 0 Å². The Hall–Kier alpha value is 0.480. The quantitative estimate of drug-likeness (QED) is 0.648. The van der Waals surface area contributed by atoms with Crippen molar-refractivity contribution in [2.45, 2.75) is 4.32 Å². The van der Waals surface area contributed by atoms with Crippen molar-refractivity contribution < 1.29 is 0 Å². The Bertz CT molecular complexity index is 556. The summed E-state index contributed by atoms with van der Waals surface area (Å²) < 4.78 is 0.771. The van der Waals surface area contributed by atoms with E-state index in [9.17, 15) is 0 Å². The fraction of sp³-hybridized carbons (Fsp3) is 1.00. The zero-order valence-corrected chi connectivity index (χ0v) is 11.0. The van der Waals surface area contributed by atoms with Crippen LogP contribution in [0.2, 0.25) is 0 Å². The van der Waals surface area contributed by atoms with Crippen LogP contribution in [0.1, 0.15) is 0 Å². The molecule has 0 N–H and O–H groups in total. The van der Waals surface area contributed by atoms with E-state index in [0.717, 1.165) is 15.2 Å². The van der Waals surface area contributed by atoms with Crippen molar-refractivity contribution in [2.24, 2.45) is 87.8 Å². The molecule has 12 fully saturated rings. The van der Waals surface area contributed by atoms with E-state index >= 15 is 0 Å². The van der Waals surface area contributed by atoms with Crippen molar-refractivity contribution in [3.8, 4) is 0 Å². The van der Waals surface area contributed by atoms with Crippen LogP contribution in [0.4, 0.5) is 0 Å². The topological polar surface area (TPSA) is 0 Å². The lowest BCUT2D eigenvalue weighted by Gasteiger charge is -3.21. The first-order chi connectivity index (χ1) is 8.35. The lowest BCUT2D eigenvalue weighted by Crippen LogP contribution is -3.20. The highest BCUT2D eigenvalue weighted by Crippen LogP contribution is 3.20. The van der Waals surface area contributed by atoms with Crippen LogP contribution in [0, 0.1) is 87.8 Å². The van der Waals surface area contributed by atoms with Gasteiger partial charge in [0.1, 0.15) is 0 Å². The highest BCUT2D eigenvalue weighted by Gasteiger charge is 3.18. The second-order valence-corrected chi connectivity index (χ2v) is 11.1. The van der Waals surface area contributed by atoms with Gasteiger partial charge in [-0.2, -0.15) is 0 Å². The van der Waals surface area contributed by atoms with Crippen molar-refractivity contribution in [2.75, 3.05) is 0 Å². The standard InChI is InChI=1S/C16H13Br/c17-16-11-8-12(16)10-13(16)9(11)15(8,10)14-5-2-1-3(5)7(14)4(1)6(2)14/h1-13H. The molecule has 0 aromatic heterocycles. The van der Waals surface area contributed by atoms with Crippen molar-refractivity contribution in [3.63, 3.8) is 0 Å². The van der Waals surface area contributed by atoms with Crippen LogP contribution in [0.15, 0.2) is 0 Å². The molecular weight excluding hydrogens is 272 g/mol. The Morgan fingerprint density at radius 3 is 1.35 bits per heavy atom. The third kappa shape index (κ3) is 0.227. The average Bonchev–Trinajstić information content (AvgIpc) is 2.39. The zero-order chi connectivity index (χ0) is 10.0. The van der Waals surface area contributed by atoms with Gasteiger partial charge in [-0.15, -0.1) is 0 Å². The Morgan fingerprint density at radius 2 is 0.882 bits per heavy atom. The first-order valence-corrected chi connectivity index (χ1v) is 8.83. The first-order valence-electron chi connectivity index (χ1n) is 8.04. The summed E-state index contributed by atoms with van der Waals surface area (Å²) in [7, 11) is 0. The summed E-state index contributed by atoms with van der Waals surface area (Å²) >= 11 is 4.14. The van der Waals surface area contributed by atoms with Crippen LogP contribution in [-0.4, -0.2) is 4.32 Å². The van der Waals surface area contributed by atoms with Crippen molar-refractivity contribution >= 4 is 15.9 Å². The average molecular weight is 285 g/mol. The van der Waals surface area contributed by atoms with Crippen LogP contribution < -0.4 is 0 Å². The summed E-state index contributed by atoms with van der Waals surface area (Å²) in [5, 5.41) is 0. The molecule has 0 nitrogen and oxygen atoms in total. The van der Waals surface area contributed by atoms with Gasteiger partial charge in [-0.05, 0) is 87.8 Å². The molecule has 0 aromatic carbocycles. The highest BCUT2D eigenvalue weighted by molar-refractivity contribution is 9.10. The maximum atomic E-state index is 4.14. The smallest absolute Gasteiger partial charge is 0.0360 e. The molecular formula is C16H13Br. The molecule has 12 aliphatic carbocycles. The maximum absolute atomic E-state index is 4.14. The van der Waals surface area contributed by atoms with E-state index in [2.05, 4.69) is 15.9 Å². The van der Waals surface area contributed by atoms with Gasteiger partial charge in [0.2, 0.25) is 0 Å². The van der Waals surface area contributed by atoms with E-state index in [1.807, 2.05) is 0 Å². The van der Waals surface area contributed by atoms with E-state index in [0.29, 0.717) is 0 Å². The molecule has 0 aromatic rings. The van der Waals surface area contributed by atoms with Crippen LogP contribution in [-0.2, 0) is 0 Å². The molecule has 17 heavy (non-hydrogen) atoms. The van der Waals surface area contributed by atoms with Crippen molar-refractivity contribution in [1.82, 2.24) is 0 Å². The highest BCUT2D eigenvalue weighted by atomic mass is 79.9. The Morgan fingerprint density at radius 1 is 0.471 bits per heavy atom. The minimum Gasteiger partial charge on any atom is -0.0844 e. The van der Waals surface area contributed by atoms with Gasteiger partial charge < -0.3 is 0 Å². The summed E-state index contributed by atoms with van der Waals surface area (Å²) in [5.41, 5.74) is 2.12. The Kier molecular flexibility index (Phi) is 0.476. The lowest BCUT2D eigenvalue weighted by atomic mass is 8.84. The molecule has 12 saturated carbocycles. The lowest BCUT2D eigenvalue weighted by molar-refractivity contribution is -0.731. The molecule has 0 radical (unpaired) electrons.